The van der Waals surface area contributed by atoms with Gasteiger partial charge in [-0.05, 0) is 6.42 Å². The number of esters is 1. The van der Waals surface area contributed by atoms with E-state index in [4.69, 9.17) is 13.8 Å². The molecule has 0 aromatic heterocycles. The fourth-order valence-corrected chi connectivity index (χ4v) is 4.36. The Labute approximate surface area is 212 Å². The number of aliphatic hydroxyl groups is 1. The van der Waals surface area contributed by atoms with Crippen LogP contribution in [0.25, 0.3) is 0 Å². The number of carbonyl (C=O) groups is 2. The van der Waals surface area contributed by atoms with Crippen LogP contribution < -0.4 is 5.32 Å². The van der Waals surface area contributed by atoms with Gasteiger partial charge in [-0.2, -0.15) is 0 Å². The van der Waals surface area contributed by atoms with E-state index in [2.05, 4.69) is 12.2 Å². The van der Waals surface area contributed by atoms with Gasteiger partial charge in [0.2, 0.25) is 5.91 Å². The maximum atomic E-state index is 12.0. The van der Waals surface area contributed by atoms with E-state index in [1.165, 1.54) is 84.0 Å². The van der Waals surface area contributed by atoms with E-state index in [-0.39, 0.29) is 25.5 Å². The van der Waals surface area contributed by atoms with Crippen molar-refractivity contribution in [3.05, 3.63) is 0 Å². The molecule has 3 N–H and O–H groups in total. The summed E-state index contributed by atoms with van der Waals surface area (Å²) in [6.45, 7) is 2.41. The van der Waals surface area contributed by atoms with Crippen molar-refractivity contribution in [2.45, 2.75) is 123 Å². The van der Waals surface area contributed by atoms with E-state index in [9.17, 15) is 24.2 Å². The highest BCUT2D eigenvalue weighted by Crippen LogP contribution is 2.43. The Kier molecular flexibility index (Phi) is 22.7. The zero-order chi connectivity index (χ0) is 26.2. The smallest absolute Gasteiger partial charge is 0.457 e. The molecule has 0 aliphatic rings. The summed E-state index contributed by atoms with van der Waals surface area (Å²) in [6.07, 6.45) is 17.8. The van der Waals surface area contributed by atoms with E-state index in [0.29, 0.717) is 6.42 Å². The average molecular weight is 524 g/mol. The molecular weight excluding hydrogens is 473 g/mol. The van der Waals surface area contributed by atoms with Crippen LogP contribution in [-0.2, 0) is 27.9 Å². The fraction of sp³-hybridized carbons (Fsp3) is 0.920. The number of rotatable bonds is 25. The molecule has 2 unspecified atom stereocenters. The predicted octanol–water partition coefficient (Wildman–Crippen LogP) is 5.42. The van der Waals surface area contributed by atoms with Gasteiger partial charge in [-0.25, -0.2) is 4.57 Å². The van der Waals surface area contributed by atoms with Gasteiger partial charge < -0.3 is 20.1 Å². The topological polar surface area (TPSA) is 131 Å². The van der Waals surface area contributed by atoms with Crippen LogP contribution in [0.15, 0.2) is 0 Å². The second-order valence-corrected chi connectivity index (χ2v) is 10.5. The Morgan fingerprint density at radius 2 is 1.31 bits per heavy atom. The summed E-state index contributed by atoms with van der Waals surface area (Å²) in [5, 5.41) is 11.7. The molecule has 0 saturated heterocycles. The maximum Gasteiger partial charge on any atom is 0.472 e. The average Bonchev–Trinajstić information content (AvgIpc) is 2.82. The van der Waals surface area contributed by atoms with E-state index < -0.39 is 33.1 Å². The van der Waals surface area contributed by atoms with Crippen LogP contribution in [-0.4, -0.2) is 54.3 Å². The lowest BCUT2D eigenvalue weighted by Crippen LogP contribution is -2.27. The number of carbonyl (C=O) groups excluding carboxylic acids is 2. The van der Waals surface area contributed by atoms with E-state index >= 15 is 0 Å². The van der Waals surface area contributed by atoms with Crippen molar-refractivity contribution in [1.82, 2.24) is 5.32 Å². The summed E-state index contributed by atoms with van der Waals surface area (Å²) >= 11 is 0. The maximum absolute atomic E-state index is 12.0. The van der Waals surface area contributed by atoms with E-state index in [1.54, 1.807) is 0 Å². The third kappa shape index (κ3) is 24.5. The number of amides is 1. The van der Waals surface area contributed by atoms with E-state index in [1.807, 2.05) is 0 Å². The zero-order valence-corrected chi connectivity index (χ0v) is 22.9. The molecule has 0 heterocycles. The zero-order valence-electron chi connectivity index (χ0n) is 22.0. The highest BCUT2D eigenvalue weighted by molar-refractivity contribution is 7.47. The molecule has 0 fully saturated rings. The lowest BCUT2D eigenvalue weighted by Gasteiger charge is -2.18. The summed E-state index contributed by atoms with van der Waals surface area (Å²) in [6, 6.07) is 0. The molecule has 0 aromatic carbocycles. The first-order chi connectivity index (χ1) is 16.8. The van der Waals surface area contributed by atoms with Crippen LogP contribution in [0.5, 0.6) is 0 Å². The molecule has 0 aliphatic heterocycles. The van der Waals surface area contributed by atoms with Gasteiger partial charge in [0.25, 0.3) is 0 Å². The fourth-order valence-electron chi connectivity index (χ4n) is 3.61. The summed E-state index contributed by atoms with van der Waals surface area (Å²) in [5.74, 6) is -0.759. The first kappa shape index (κ1) is 34.0. The van der Waals surface area contributed by atoms with Crippen LogP contribution in [0.1, 0.15) is 117 Å². The molecule has 0 saturated carbocycles. The molecule has 35 heavy (non-hydrogen) atoms. The third-order valence-corrected chi connectivity index (χ3v) is 6.62. The minimum atomic E-state index is -4.37. The van der Waals surface area contributed by atoms with Crippen molar-refractivity contribution < 1.29 is 37.9 Å². The number of unbranched alkanes of at least 4 members (excludes halogenated alkanes) is 14. The number of nitrogens with one attached hydrogen (secondary N) is 1. The Morgan fingerprint density at radius 1 is 0.829 bits per heavy atom. The molecule has 0 aromatic rings. The van der Waals surface area contributed by atoms with Gasteiger partial charge in [-0.1, -0.05) is 96.8 Å². The van der Waals surface area contributed by atoms with Gasteiger partial charge in [0, 0.05) is 19.9 Å². The third-order valence-electron chi connectivity index (χ3n) is 5.64. The van der Waals surface area contributed by atoms with Crippen molar-refractivity contribution in [2.75, 3.05) is 26.4 Å². The second-order valence-electron chi connectivity index (χ2n) is 9.07. The molecule has 0 spiro atoms. The van der Waals surface area contributed by atoms with E-state index in [0.717, 1.165) is 12.8 Å². The second kappa shape index (κ2) is 23.4. The molecule has 0 radical (unpaired) electrons. The Morgan fingerprint density at radius 3 is 1.77 bits per heavy atom. The monoisotopic (exact) mass is 523 g/mol. The molecule has 0 bridgehead atoms. The summed E-state index contributed by atoms with van der Waals surface area (Å²) in [4.78, 5) is 32.3. The van der Waals surface area contributed by atoms with Crippen LogP contribution in [0.4, 0.5) is 0 Å². The largest absolute Gasteiger partial charge is 0.472 e. The molecule has 1 amide bonds. The van der Waals surface area contributed by atoms with Gasteiger partial charge >= 0.3 is 13.8 Å². The summed E-state index contributed by atoms with van der Waals surface area (Å²) in [7, 11) is -4.37. The van der Waals surface area contributed by atoms with Crippen molar-refractivity contribution in [2.24, 2.45) is 0 Å². The SMILES string of the molecule is CCCCCCCCCCCCCCCCCC(=O)OC(CO)COP(=O)(O)OCCNC(C)=O. The molecule has 10 heteroatoms. The first-order valence-corrected chi connectivity index (χ1v) is 15.0. The van der Waals surface area contributed by atoms with Crippen LogP contribution >= 0.6 is 7.82 Å². The number of ether oxygens (including phenoxy) is 1. The Bertz CT molecular complexity index is 576. The highest BCUT2D eigenvalue weighted by Gasteiger charge is 2.24. The molecule has 0 rings (SSSR count). The predicted molar refractivity (Wildman–Crippen MR) is 137 cm³/mol. The molecule has 2 atom stereocenters. The number of hydrogen-bond acceptors (Lipinski definition) is 7. The van der Waals surface area contributed by atoms with Gasteiger partial charge in [-0.3, -0.25) is 18.6 Å². The standard InChI is InChI=1S/C25H50NO8P/c1-3-4-5-6-7-8-9-10-11-12-13-14-15-16-17-18-25(29)34-24(21-27)22-33-35(30,31)32-20-19-26-23(2)28/h24,27H,3-22H2,1-2H3,(H,26,28)(H,30,31). The number of phosphoric acid groups is 1. The molecule has 208 valence electrons. The van der Waals surface area contributed by atoms with Crippen LogP contribution in [0.2, 0.25) is 0 Å². The molecular formula is C25H50NO8P. The van der Waals surface area contributed by atoms with Gasteiger partial charge in [0.1, 0.15) is 6.10 Å². The lowest BCUT2D eigenvalue weighted by atomic mass is 10.0. The normalized spacial score (nSPS) is 13.8. The quantitative estimate of drug-likeness (QED) is 0.0821. The number of aliphatic hydroxyl groups excluding tert-OH is 1. The van der Waals surface area contributed by atoms with Crippen LogP contribution in [0.3, 0.4) is 0 Å². The summed E-state index contributed by atoms with van der Waals surface area (Å²) in [5.41, 5.74) is 0. The minimum Gasteiger partial charge on any atom is -0.457 e. The summed E-state index contributed by atoms with van der Waals surface area (Å²) < 4.78 is 26.3. The molecule has 9 nitrogen and oxygen atoms in total. The van der Waals surface area contributed by atoms with Gasteiger partial charge in [0.05, 0.1) is 19.8 Å². The lowest BCUT2D eigenvalue weighted by molar-refractivity contribution is -0.153. The number of hydrogen-bond donors (Lipinski definition) is 3. The Balaban J connectivity index is 3.65. The van der Waals surface area contributed by atoms with Crippen LogP contribution in [0, 0.1) is 0 Å². The number of phosphoric ester groups is 1. The highest BCUT2D eigenvalue weighted by atomic mass is 31.2. The van der Waals surface area contributed by atoms with Gasteiger partial charge in [-0.15, -0.1) is 0 Å². The first-order valence-electron chi connectivity index (χ1n) is 13.5. The Hall–Kier alpha value is -0.990. The van der Waals surface area contributed by atoms with Crippen molar-refractivity contribution >= 4 is 19.7 Å². The van der Waals surface area contributed by atoms with Gasteiger partial charge in [0.15, 0.2) is 0 Å². The van der Waals surface area contributed by atoms with Crippen molar-refractivity contribution in [1.29, 1.82) is 0 Å². The van der Waals surface area contributed by atoms with Crippen molar-refractivity contribution in [3.8, 4) is 0 Å². The molecule has 0 aliphatic carbocycles. The van der Waals surface area contributed by atoms with Crippen molar-refractivity contribution in [3.63, 3.8) is 0 Å². The minimum absolute atomic E-state index is 0.0565.